The van der Waals surface area contributed by atoms with Crippen molar-refractivity contribution in [2.75, 3.05) is 7.05 Å². The van der Waals surface area contributed by atoms with E-state index in [1.54, 1.807) is 0 Å². The van der Waals surface area contributed by atoms with Crippen LogP contribution in [0, 0.1) is 0 Å². The number of hydrogen-bond acceptors (Lipinski definition) is 2. The maximum absolute atomic E-state index is 11.1. The van der Waals surface area contributed by atoms with Crippen LogP contribution in [0.2, 0.25) is 0 Å². The summed E-state index contributed by atoms with van der Waals surface area (Å²) in [6.45, 7) is 0. The molecule has 20 heavy (non-hydrogen) atoms. The Morgan fingerprint density at radius 2 is 1.85 bits per heavy atom. The topological polar surface area (TPSA) is 41.1 Å². The Labute approximate surface area is 118 Å². The molecule has 0 aromatic heterocycles. The van der Waals surface area contributed by atoms with Gasteiger partial charge in [0.15, 0.2) is 0 Å². The quantitative estimate of drug-likeness (QED) is 0.818. The van der Waals surface area contributed by atoms with Gasteiger partial charge in [-0.25, -0.2) is 0 Å². The summed E-state index contributed by atoms with van der Waals surface area (Å²) in [7, 11) is 2.00. The molecule has 3 heteroatoms. The van der Waals surface area contributed by atoms with E-state index in [0.717, 1.165) is 0 Å². The third-order valence-electron chi connectivity index (χ3n) is 4.37. The molecule has 0 saturated carbocycles. The fourth-order valence-electron chi connectivity index (χ4n) is 3.31. The van der Waals surface area contributed by atoms with E-state index in [-0.39, 0.29) is 18.0 Å². The highest BCUT2D eigenvalue weighted by Crippen LogP contribution is 2.44. The van der Waals surface area contributed by atoms with Crippen molar-refractivity contribution in [3.05, 3.63) is 59.2 Å². The Balaban J connectivity index is 1.83. The molecular formula is C17H16N2O. The molecule has 2 aliphatic rings. The molecular weight excluding hydrogens is 248 g/mol. The molecule has 2 aromatic carbocycles. The van der Waals surface area contributed by atoms with E-state index >= 15 is 0 Å². The van der Waals surface area contributed by atoms with Gasteiger partial charge in [-0.3, -0.25) is 4.79 Å². The summed E-state index contributed by atoms with van der Waals surface area (Å²) in [5, 5.41) is 6.34. The molecule has 0 spiro atoms. The molecule has 2 atom stereocenters. The lowest BCUT2D eigenvalue weighted by atomic mass is 9.93. The summed E-state index contributed by atoms with van der Waals surface area (Å²) in [6, 6.07) is 15.5. The molecule has 1 heterocycles. The lowest BCUT2D eigenvalue weighted by Crippen LogP contribution is -2.41. The van der Waals surface area contributed by atoms with Gasteiger partial charge in [0, 0.05) is 0 Å². The number of carbonyl (C=O) groups is 1. The molecule has 0 bridgehead atoms. The minimum atomic E-state index is 0.143. The lowest BCUT2D eigenvalue weighted by Gasteiger charge is -2.27. The van der Waals surface area contributed by atoms with Crippen LogP contribution in [0.5, 0.6) is 0 Å². The van der Waals surface area contributed by atoms with Crippen molar-refractivity contribution < 1.29 is 4.79 Å². The van der Waals surface area contributed by atoms with Crippen LogP contribution in [0.3, 0.4) is 0 Å². The predicted octanol–water partition coefficient (Wildman–Crippen LogP) is 2.54. The summed E-state index contributed by atoms with van der Waals surface area (Å²) in [4.78, 5) is 11.1. The minimum absolute atomic E-state index is 0.143. The standard InChI is InChI=1S/C17H16N2O/c1-18-17-12-5-3-2-4-11(12)14-8-10(6-7-13(14)17)15-9-16(20)19-15/h2-8,15,17-18H,9H2,1H3,(H,19,20). The van der Waals surface area contributed by atoms with Crippen molar-refractivity contribution in [3.63, 3.8) is 0 Å². The molecule has 2 unspecified atom stereocenters. The fraction of sp³-hybridized carbons (Fsp3) is 0.235. The van der Waals surface area contributed by atoms with Gasteiger partial charge in [-0.2, -0.15) is 0 Å². The van der Waals surface area contributed by atoms with E-state index in [0.29, 0.717) is 6.42 Å². The minimum Gasteiger partial charge on any atom is -0.349 e. The van der Waals surface area contributed by atoms with Gasteiger partial charge in [0.2, 0.25) is 5.91 Å². The summed E-state index contributed by atoms with van der Waals surface area (Å²) < 4.78 is 0. The van der Waals surface area contributed by atoms with E-state index in [1.807, 2.05) is 7.05 Å². The van der Waals surface area contributed by atoms with Crippen LogP contribution in [0.25, 0.3) is 11.1 Å². The highest BCUT2D eigenvalue weighted by atomic mass is 16.2. The smallest absolute Gasteiger partial charge is 0.222 e. The zero-order valence-corrected chi connectivity index (χ0v) is 11.3. The van der Waals surface area contributed by atoms with Gasteiger partial charge < -0.3 is 10.6 Å². The number of hydrogen-bond donors (Lipinski definition) is 2. The van der Waals surface area contributed by atoms with E-state index in [1.165, 1.54) is 27.8 Å². The van der Waals surface area contributed by atoms with Crippen LogP contribution in [0.1, 0.15) is 35.2 Å². The first-order chi connectivity index (χ1) is 9.78. The van der Waals surface area contributed by atoms with Crippen molar-refractivity contribution in [3.8, 4) is 11.1 Å². The molecule has 1 saturated heterocycles. The molecule has 1 aliphatic heterocycles. The monoisotopic (exact) mass is 264 g/mol. The maximum atomic E-state index is 11.1. The molecule has 1 fully saturated rings. The third kappa shape index (κ3) is 1.53. The van der Waals surface area contributed by atoms with Crippen molar-refractivity contribution in [1.29, 1.82) is 0 Å². The average Bonchev–Trinajstić information content (AvgIpc) is 2.77. The van der Waals surface area contributed by atoms with E-state index in [9.17, 15) is 4.79 Å². The van der Waals surface area contributed by atoms with Gasteiger partial charge in [-0.1, -0.05) is 36.4 Å². The van der Waals surface area contributed by atoms with Crippen molar-refractivity contribution in [1.82, 2.24) is 10.6 Å². The second-order valence-electron chi connectivity index (χ2n) is 5.48. The van der Waals surface area contributed by atoms with E-state index in [2.05, 4.69) is 53.1 Å². The molecule has 4 rings (SSSR count). The first kappa shape index (κ1) is 11.7. The summed E-state index contributed by atoms with van der Waals surface area (Å²) in [5.74, 6) is 0.143. The molecule has 2 aromatic rings. The Morgan fingerprint density at radius 3 is 2.60 bits per heavy atom. The van der Waals surface area contributed by atoms with Gasteiger partial charge in [-0.05, 0) is 40.9 Å². The van der Waals surface area contributed by atoms with Crippen molar-refractivity contribution in [2.45, 2.75) is 18.5 Å². The number of amides is 1. The Morgan fingerprint density at radius 1 is 1.10 bits per heavy atom. The Hall–Kier alpha value is -2.13. The van der Waals surface area contributed by atoms with Crippen LogP contribution in [0.4, 0.5) is 0 Å². The van der Waals surface area contributed by atoms with Gasteiger partial charge in [-0.15, -0.1) is 0 Å². The number of rotatable bonds is 2. The number of β-lactam (4-membered cyclic amide) rings is 1. The summed E-state index contributed by atoms with van der Waals surface area (Å²) in [5.41, 5.74) is 6.45. The molecule has 0 radical (unpaired) electrons. The van der Waals surface area contributed by atoms with E-state index in [4.69, 9.17) is 0 Å². The Bertz CT molecular complexity index is 700. The molecule has 1 aliphatic carbocycles. The second kappa shape index (κ2) is 4.18. The van der Waals surface area contributed by atoms with Crippen LogP contribution in [0.15, 0.2) is 42.5 Å². The van der Waals surface area contributed by atoms with Gasteiger partial charge in [0.05, 0.1) is 18.5 Å². The highest BCUT2D eigenvalue weighted by molar-refractivity contribution is 5.84. The normalized spacial score (nSPS) is 22.8. The maximum Gasteiger partial charge on any atom is 0.222 e. The summed E-state index contributed by atoms with van der Waals surface area (Å²) in [6.07, 6.45) is 0.607. The molecule has 1 amide bonds. The lowest BCUT2D eigenvalue weighted by molar-refractivity contribution is -0.128. The number of benzene rings is 2. The molecule has 100 valence electrons. The summed E-state index contributed by atoms with van der Waals surface area (Å²) >= 11 is 0. The van der Waals surface area contributed by atoms with Crippen LogP contribution < -0.4 is 10.6 Å². The first-order valence-corrected chi connectivity index (χ1v) is 6.97. The van der Waals surface area contributed by atoms with Crippen LogP contribution in [-0.2, 0) is 4.79 Å². The largest absolute Gasteiger partial charge is 0.349 e. The van der Waals surface area contributed by atoms with Gasteiger partial charge in [0.25, 0.3) is 0 Å². The number of fused-ring (bicyclic) bond motifs is 3. The van der Waals surface area contributed by atoms with Crippen LogP contribution >= 0.6 is 0 Å². The zero-order chi connectivity index (χ0) is 13.7. The average molecular weight is 264 g/mol. The highest BCUT2D eigenvalue weighted by Gasteiger charge is 2.31. The Kier molecular flexibility index (Phi) is 2.44. The molecule has 2 N–H and O–H groups in total. The van der Waals surface area contributed by atoms with Crippen LogP contribution in [-0.4, -0.2) is 13.0 Å². The number of carbonyl (C=O) groups excluding carboxylic acids is 1. The predicted molar refractivity (Wildman–Crippen MR) is 78.3 cm³/mol. The zero-order valence-electron chi connectivity index (χ0n) is 11.3. The SMILES string of the molecule is CNC1c2ccccc2-c2cc(C3CC(=O)N3)ccc21. The fourth-order valence-corrected chi connectivity index (χ4v) is 3.31. The van der Waals surface area contributed by atoms with Crippen molar-refractivity contribution in [2.24, 2.45) is 0 Å². The molecule has 3 nitrogen and oxygen atoms in total. The van der Waals surface area contributed by atoms with Crippen molar-refractivity contribution >= 4 is 5.91 Å². The van der Waals surface area contributed by atoms with E-state index < -0.39 is 0 Å². The second-order valence-corrected chi connectivity index (χ2v) is 5.48. The third-order valence-corrected chi connectivity index (χ3v) is 4.37. The van der Waals surface area contributed by atoms with Gasteiger partial charge >= 0.3 is 0 Å². The van der Waals surface area contributed by atoms with Gasteiger partial charge in [0.1, 0.15) is 0 Å². The number of nitrogens with one attached hydrogen (secondary N) is 2. The first-order valence-electron chi connectivity index (χ1n) is 6.97.